The zero-order valence-electron chi connectivity index (χ0n) is 9.67. The Morgan fingerprint density at radius 2 is 2.12 bits per heavy atom. The van der Waals surface area contributed by atoms with E-state index < -0.39 is 0 Å². The highest BCUT2D eigenvalue weighted by atomic mass is 32.2. The molecule has 1 amide bonds. The van der Waals surface area contributed by atoms with Crippen molar-refractivity contribution in [3.8, 4) is 0 Å². The van der Waals surface area contributed by atoms with E-state index in [0.717, 1.165) is 30.7 Å². The van der Waals surface area contributed by atoms with Crippen LogP contribution < -0.4 is 4.73 Å². The van der Waals surface area contributed by atoms with E-state index >= 15 is 0 Å². The van der Waals surface area contributed by atoms with Gasteiger partial charge in [-0.3, -0.25) is 4.79 Å². The summed E-state index contributed by atoms with van der Waals surface area (Å²) >= 11 is 1.31. The molecule has 0 unspecified atom stereocenters. The minimum Gasteiger partial charge on any atom is -0.618 e. The number of amides is 1. The van der Waals surface area contributed by atoms with Crippen LogP contribution in [0.3, 0.4) is 0 Å². The van der Waals surface area contributed by atoms with E-state index in [1.54, 1.807) is 12.1 Å². The molecule has 92 valence electrons. The minimum absolute atomic E-state index is 0.138. The van der Waals surface area contributed by atoms with Gasteiger partial charge in [0.2, 0.25) is 5.91 Å². The number of thioether (sulfide) groups is 1. The first-order valence-electron chi connectivity index (χ1n) is 5.86. The minimum atomic E-state index is 0.138. The number of aromatic nitrogens is 1. The van der Waals surface area contributed by atoms with Gasteiger partial charge in [-0.05, 0) is 37.1 Å². The van der Waals surface area contributed by atoms with Crippen molar-refractivity contribution in [3.05, 3.63) is 29.6 Å². The summed E-state index contributed by atoms with van der Waals surface area (Å²) in [6, 6.07) is 5.23. The number of hydrogen-bond acceptors (Lipinski definition) is 3. The fourth-order valence-corrected chi connectivity index (χ4v) is 2.71. The van der Waals surface area contributed by atoms with Crippen molar-refractivity contribution in [2.75, 3.05) is 18.8 Å². The highest BCUT2D eigenvalue weighted by molar-refractivity contribution is 7.99. The van der Waals surface area contributed by atoms with Crippen molar-refractivity contribution in [2.24, 2.45) is 0 Å². The van der Waals surface area contributed by atoms with Crippen molar-refractivity contribution in [2.45, 2.75) is 24.3 Å². The van der Waals surface area contributed by atoms with Gasteiger partial charge in [0.05, 0.1) is 5.75 Å². The summed E-state index contributed by atoms with van der Waals surface area (Å²) in [7, 11) is 0. The van der Waals surface area contributed by atoms with Gasteiger partial charge in [-0.2, -0.15) is 4.73 Å². The topological polar surface area (TPSA) is 47.2 Å². The molecule has 5 heteroatoms. The van der Waals surface area contributed by atoms with Crippen LogP contribution in [0.2, 0.25) is 0 Å². The van der Waals surface area contributed by atoms with E-state index in [0.29, 0.717) is 10.8 Å². The van der Waals surface area contributed by atoms with Gasteiger partial charge in [-0.15, -0.1) is 0 Å². The summed E-state index contributed by atoms with van der Waals surface area (Å²) in [5.41, 5.74) is 0. The van der Waals surface area contributed by atoms with Crippen LogP contribution in [0.15, 0.2) is 29.4 Å². The molecule has 1 aromatic heterocycles. The molecule has 0 atom stereocenters. The predicted octanol–water partition coefficient (Wildman–Crippen LogP) is 1.42. The van der Waals surface area contributed by atoms with Gasteiger partial charge in [0.1, 0.15) is 0 Å². The molecule has 1 saturated heterocycles. The summed E-state index contributed by atoms with van der Waals surface area (Å²) in [6.45, 7) is 1.73. The van der Waals surface area contributed by atoms with E-state index in [-0.39, 0.29) is 5.91 Å². The molecule has 17 heavy (non-hydrogen) atoms. The van der Waals surface area contributed by atoms with E-state index in [1.165, 1.54) is 24.4 Å². The Morgan fingerprint density at radius 1 is 1.35 bits per heavy atom. The van der Waals surface area contributed by atoms with Crippen molar-refractivity contribution < 1.29 is 9.52 Å². The normalized spacial score (nSPS) is 15.9. The lowest BCUT2D eigenvalue weighted by atomic mass is 10.1. The first-order chi connectivity index (χ1) is 8.27. The third kappa shape index (κ3) is 3.36. The van der Waals surface area contributed by atoms with E-state index in [2.05, 4.69) is 0 Å². The smallest absolute Gasteiger partial charge is 0.251 e. The van der Waals surface area contributed by atoms with Crippen LogP contribution in [0.4, 0.5) is 0 Å². The van der Waals surface area contributed by atoms with Gasteiger partial charge in [0.15, 0.2) is 6.20 Å². The maximum atomic E-state index is 11.9. The van der Waals surface area contributed by atoms with E-state index in [4.69, 9.17) is 0 Å². The molecule has 0 aromatic carbocycles. The fraction of sp³-hybridized carbons (Fsp3) is 0.500. The van der Waals surface area contributed by atoms with Gasteiger partial charge in [0.25, 0.3) is 5.03 Å². The zero-order valence-corrected chi connectivity index (χ0v) is 10.5. The molecule has 4 nitrogen and oxygen atoms in total. The van der Waals surface area contributed by atoms with Crippen LogP contribution >= 0.6 is 11.8 Å². The molecule has 1 aliphatic rings. The first kappa shape index (κ1) is 12.2. The lowest BCUT2D eigenvalue weighted by Crippen LogP contribution is -2.37. The highest BCUT2D eigenvalue weighted by Gasteiger charge is 2.17. The predicted molar refractivity (Wildman–Crippen MR) is 66.6 cm³/mol. The number of carbonyl (C=O) groups is 1. The Bertz CT molecular complexity index is 392. The van der Waals surface area contributed by atoms with Crippen molar-refractivity contribution in [1.82, 2.24) is 4.90 Å². The molecule has 1 aliphatic heterocycles. The van der Waals surface area contributed by atoms with Gasteiger partial charge in [-0.25, -0.2) is 0 Å². The molecule has 0 aliphatic carbocycles. The SMILES string of the molecule is O=C(CSc1cccc[n+]1[O-])N1CCCCC1. The third-order valence-electron chi connectivity index (χ3n) is 2.84. The van der Waals surface area contributed by atoms with Crippen LogP contribution in [-0.2, 0) is 4.79 Å². The second kappa shape index (κ2) is 5.91. The van der Waals surface area contributed by atoms with Crippen LogP contribution in [0, 0.1) is 5.21 Å². The lowest BCUT2D eigenvalue weighted by Gasteiger charge is -2.26. The zero-order chi connectivity index (χ0) is 12.1. The standard InChI is InChI=1S/C12H16N2O2S/c15-11(13-7-3-1-4-8-13)10-17-12-6-2-5-9-14(12)16/h2,5-6,9H,1,3-4,7-8,10H2. The molecule has 0 N–H and O–H groups in total. The molecular weight excluding hydrogens is 236 g/mol. The molecule has 0 radical (unpaired) electrons. The van der Waals surface area contributed by atoms with Crippen LogP contribution in [0.1, 0.15) is 19.3 Å². The number of likely N-dealkylation sites (tertiary alicyclic amines) is 1. The van der Waals surface area contributed by atoms with Crippen LogP contribution in [0.5, 0.6) is 0 Å². The van der Waals surface area contributed by atoms with Crippen molar-refractivity contribution >= 4 is 17.7 Å². The average Bonchev–Trinajstić information content (AvgIpc) is 2.38. The Hall–Kier alpha value is -1.23. The number of hydrogen-bond donors (Lipinski definition) is 0. The van der Waals surface area contributed by atoms with Crippen molar-refractivity contribution in [3.63, 3.8) is 0 Å². The van der Waals surface area contributed by atoms with Gasteiger partial charge in [0, 0.05) is 25.2 Å². The summed E-state index contributed by atoms with van der Waals surface area (Å²) in [5.74, 6) is 0.491. The van der Waals surface area contributed by atoms with Gasteiger partial charge < -0.3 is 10.1 Å². The Labute approximate surface area is 105 Å². The molecule has 2 rings (SSSR count). The monoisotopic (exact) mass is 252 g/mol. The second-order valence-electron chi connectivity index (χ2n) is 4.09. The number of nitrogens with zero attached hydrogens (tertiary/aromatic N) is 2. The number of rotatable bonds is 3. The Morgan fingerprint density at radius 3 is 2.82 bits per heavy atom. The molecular formula is C12H16N2O2S. The first-order valence-corrected chi connectivity index (χ1v) is 6.85. The van der Waals surface area contributed by atoms with Crippen LogP contribution in [0.25, 0.3) is 0 Å². The molecule has 2 heterocycles. The largest absolute Gasteiger partial charge is 0.618 e. The lowest BCUT2D eigenvalue weighted by molar-refractivity contribution is -0.645. The van der Waals surface area contributed by atoms with Gasteiger partial charge >= 0.3 is 0 Å². The maximum Gasteiger partial charge on any atom is 0.251 e. The Kier molecular flexibility index (Phi) is 4.25. The molecule has 0 spiro atoms. The maximum absolute atomic E-state index is 11.9. The second-order valence-corrected chi connectivity index (χ2v) is 5.09. The fourth-order valence-electron chi connectivity index (χ4n) is 1.89. The van der Waals surface area contributed by atoms with E-state index in [1.807, 2.05) is 11.0 Å². The third-order valence-corrected chi connectivity index (χ3v) is 3.84. The quantitative estimate of drug-likeness (QED) is 0.464. The summed E-state index contributed by atoms with van der Waals surface area (Å²) < 4.78 is 0.800. The number of carbonyl (C=O) groups excluding carboxylic acids is 1. The average molecular weight is 252 g/mol. The molecule has 1 fully saturated rings. The van der Waals surface area contributed by atoms with E-state index in [9.17, 15) is 10.0 Å². The summed E-state index contributed by atoms with van der Waals surface area (Å²) in [6.07, 6.45) is 4.87. The summed E-state index contributed by atoms with van der Waals surface area (Å²) in [4.78, 5) is 13.8. The molecule has 1 aromatic rings. The van der Waals surface area contributed by atoms with Crippen LogP contribution in [-0.4, -0.2) is 29.6 Å². The van der Waals surface area contributed by atoms with Gasteiger partial charge in [-0.1, -0.05) is 0 Å². The highest BCUT2D eigenvalue weighted by Crippen LogP contribution is 2.15. The number of pyridine rings is 1. The summed E-state index contributed by atoms with van der Waals surface area (Å²) in [5, 5.41) is 12.0. The van der Waals surface area contributed by atoms with Crippen molar-refractivity contribution in [1.29, 1.82) is 0 Å². The number of piperidine rings is 1. The molecule has 0 bridgehead atoms. The molecule has 0 saturated carbocycles. The Balaban J connectivity index is 1.85.